The molecule has 0 aliphatic carbocycles. The van der Waals surface area contributed by atoms with Gasteiger partial charge < -0.3 is 14.6 Å². The van der Waals surface area contributed by atoms with Gasteiger partial charge in [-0.3, -0.25) is 4.79 Å². The molecule has 0 amide bonds. The van der Waals surface area contributed by atoms with Crippen molar-refractivity contribution in [1.29, 1.82) is 0 Å². The average Bonchev–Trinajstić information content (AvgIpc) is 3.02. The number of hydrogen-bond donors (Lipinski definition) is 1. The Morgan fingerprint density at radius 2 is 1.95 bits per heavy atom. The van der Waals surface area contributed by atoms with Crippen molar-refractivity contribution in [1.82, 2.24) is 19.7 Å². The summed E-state index contributed by atoms with van der Waals surface area (Å²) in [5, 5.41) is 18.0. The number of carboxylic acids is 1. The zero-order valence-electron chi connectivity index (χ0n) is 13.0. The average molecular weight is 312 g/mol. The number of aromatic nitrogens is 3. The predicted octanol–water partition coefficient (Wildman–Crippen LogP) is 1.85. The number of likely N-dealkylation sites (tertiary alicyclic amines) is 1. The van der Waals surface area contributed by atoms with Crippen molar-refractivity contribution in [3.8, 4) is 0 Å². The Morgan fingerprint density at radius 3 is 2.52 bits per heavy atom. The summed E-state index contributed by atoms with van der Waals surface area (Å²) in [7, 11) is 0. The lowest BCUT2D eigenvalue weighted by molar-refractivity contribution is -0.133. The smallest absolute Gasteiger partial charge is 0.313 e. The quantitative estimate of drug-likeness (QED) is 0.808. The molecule has 21 heavy (non-hydrogen) atoms. The molecule has 2 heterocycles. The fraction of sp³-hybridized carbons (Fsp3) is 0.786. The van der Waals surface area contributed by atoms with Crippen LogP contribution in [0.5, 0.6) is 0 Å². The summed E-state index contributed by atoms with van der Waals surface area (Å²) >= 11 is 1.24. The number of nitrogens with zero attached hydrogens (tertiary/aromatic N) is 4. The predicted molar refractivity (Wildman–Crippen MR) is 82.8 cm³/mol. The standard InChI is InChI=1S/C14H24N4O2S/c1-14(2,3)18-11(6-9-17-7-4-5-8-17)15-16-13(18)21-10-12(19)20/h4-10H2,1-3H3,(H,19,20). The normalized spacial score (nSPS) is 16.5. The number of thioether (sulfide) groups is 1. The van der Waals surface area contributed by atoms with Crippen molar-refractivity contribution in [3.05, 3.63) is 5.82 Å². The van der Waals surface area contributed by atoms with Crippen molar-refractivity contribution in [3.63, 3.8) is 0 Å². The number of carbonyl (C=O) groups is 1. The van der Waals surface area contributed by atoms with E-state index < -0.39 is 5.97 Å². The van der Waals surface area contributed by atoms with E-state index in [1.807, 2.05) is 0 Å². The van der Waals surface area contributed by atoms with Crippen LogP contribution in [0.2, 0.25) is 0 Å². The van der Waals surface area contributed by atoms with E-state index in [4.69, 9.17) is 5.11 Å². The Labute approximate surface area is 129 Å². The van der Waals surface area contributed by atoms with Gasteiger partial charge in [-0.1, -0.05) is 11.8 Å². The van der Waals surface area contributed by atoms with Crippen LogP contribution in [-0.4, -0.2) is 56.1 Å². The molecule has 1 aromatic heterocycles. The van der Waals surface area contributed by atoms with Crippen LogP contribution in [0.3, 0.4) is 0 Å². The summed E-state index contributed by atoms with van der Waals surface area (Å²) in [6.45, 7) is 9.63. The molecule has 0 bridgehead atoms. The van der Waals surface area contributed by atoms with Crippen LogP contribution in [0, 0.1) is 0 Å². The minimum atomic E-state index is -0.831. The van der Waals surface area contributed by atoms with Crippen LogP contribution in [-0.2, 0) is 16.8 Å². The maximum absolute atomic E-state index is 10.8. The Kier molecular flexibility index (Phi) is 5.27. The molecule has 1 aliphatic heterocycles. The molecule has 0 unspecified atom stereocenters. The van der Waals surface area contributed by atoms with Crippen molar-refractivity contribution in [2.24, 2.45) is 0 Å². The molecular weight excluding hydrogens is 288 g/mol. The second kappa shape index (κ2) is 6.79. The van der Waals surface area contributed by atoms with Gasteiger partial charge in [-0.2, -0.15) is 0 Å². The second-order valence-electron chi connectivity index (χ2n) is 6.39. The highest BCUT2D eigenvalue weighted by Gasteiger charge is 2.24. The zero-order chi connectivity index (χ0) is 15.5. The minimum Gasteiger partial charge on any atom is -0.481 e. The van der Waals surface area contributed by atoms with Crippen molar-refractivity contribution >= 4 is 17.7 Å². The minimum absolute atomic E-state index is 0.0142. The molecule has 0 spiro atoms. The van der Waals surface area contributed by atoms with Gasteiger partial charge in [-0.25, -0.2) is 0 Å². The Morgan fingerprint density at radius 1 is 1.29 bits per heavy atom. The lowest BCUT2D eigenvalue weighted by Gasteiger charge is -2.25. The molecule has 6 nitrogen and oxygen atoms in total. The van der Waals surface area contributed by atoms with Crippen molar-refractivity contribution in [2.45, 2.75) is 50.7 Å². The molecule has 1 fully saturated rings. The molecule has 0 aromatic carbocycles. The first-order valence-electron chi connectivity index (χ1n) is 7.39. The fourth-order valence-corrected chi connectivity index (χ4v) is 3.48. The summed E-state index contributed by atoms with van der Waals surface area (Å²) in [5.41, 5.74) is -0.148. The van der Waals surface area contributed by atoms with Crippen LogP contribution >= 0.6 is 11.8 Å². The van der Waals surface area contributed by atoms with Gasteiger partial charge in [0.15, 0.2) is 5.16 Å². The van der Waals surface area contributed by atoms with Crippen molar-refractivity contribution < 1.29 is 9.90 Å². The van der Waals surface area contributed by atoms with Gasteiger partial charge in [0, 0.05) is 18.5 Å². The fourth-order valence-electron chi connectivity index (χ4n) is 2.62. The van der Waals surface area contributed by atoms with Crippen LogP contribution in [0.4, 0.5) is 0 Å². The first kappa shape index (κ1) is 16.3. The highest BCUT2D eigenvalue weighted by Crippen LogP contribution is 2.25. The molecule has 0 radical (unpaired) electrons. The number of hydrogen-bond acceptors (Lipinski definition) is 5. The molecule has 1 aliphatic rings. The van der Waals surface area contributed by atoms with E-state index in [1.165, 1.54) is 37.7 Å². The molecule has 7 heteroatoms. The van der Waals surface area contributed by atoms with E-state index in [-0.39, 0.29) is 11.3 Å². The van der Waals surface area contributed by atoms with Crippen LogP contribution in [0.25, 0.3) is 0 Å². The SMILES string of the molecule is CC(C)(C)n1c(CCN2CCCC2)nnc1SCC(=O)O. The van der Waals surface area contributed by atoms with Gasteiger partial charge in [-0.15, -0.1) is 10.2 Å². The van der Waals surface area contributed by atoms with E-state index in [0.717, 1.165) is 18.8 Å². The number of carboxylic acid groups (broad SMARTS) is 1. The van der Waals surface area contributed by atoms with Gasteiger partial charge >= 0.3 is 5.97 Å². The Hall–Kier alpha value is -1.08. The molecular formula is C14H24N4O2S. The highest BCUT2D eigenvalue weighted by atomic mass is 32.2. The largest absolute Gasteiger partial charge is 0.481 e. The molecule has 2 rings (SSSR count). The third-order valence-corrected chi connectivity index (χ3v) is 4.46. The summed E-state index contributed by atoms with van der Waals surface area (Å²) in [6, 6.07) is 0. The van der Waals surface area contributed by atoms with E-state index in [1.54, 1.807) is 0 Å². The first-order chi connectivity index (χ1) is 9.88. The van der Waals surface area contributed by atoms with E-state index in [0.29, 0.717) is 5.16 Å². The first-order valence-corrected chi connectivity index (χ1v) is 8.38. The summed E-state index contributed by atoms with van der Waals surface area (Å²) in [5.74, 6) is 0.129. The zero-order valence-corrected chi connectivity index (χ0v) is 13.8. The molecule has 1 N–H and O–H groups in total. The molecule has 0 saturated carbocycles. The highest BCUT2D eigenvalue weighted by molar-refractivity contribution is 7.99. The maximum atomic E-state index is 10.8. The molecule has 1 aromatic rings. The monoisotopic (exact) mass is 312 g/mol. The third-order valence-electron chi connectivity index (χ3n) is 3.55. The van der Waals surface area contributed by atoms with E-state index in [9.17, 15) is 4.79 Å². The maximum Gasteiger partial charge on any atom is 0.313 e. The van der Waals surface area contributed by atoms with E-state index in [2.05, 4.69) is 40.4 Å². The lowest BCUT2D eigenvalue weighted by atomic mass is 10.1. The Balaban J connectivity index is 2.10. The molecule has 1 saturated heterocycles. The van der Waals surface area contributed by atoms with Gasteiger partial charge in [0.2, 0.25) is 0 Å². The summed E-state index contributed by atoms with van der Waals surface area (Å²) in [6.07, 6.45) is 3.43. The van der Waals surface area contributed by atoms with Crippen LogP contribution in [0.15, 0.2) is 5.16 Å². The molecule has 118 valence electrons. The van der Waals surface area contributed by atoms with Gasteiger partial charge in [0.1, 0.15) is 5.82 Å². The summed E-state index contributed by atoms with van der Waals surface area (Å²) in [4.78, 5) is 13.2. The van der Waals surface area contributed by atoms with Crippen LogP contribution in [0.1, 0.15) is 39.4 Å². The molecule has 0 atom stereocenters. The van der Waals surface area contributed by atoms with Crippen LogP contribution < -0.4 is 0 Å². The lowest BCUT2D eigenvalue weighted by Crippen LogP contribution is -2.28. The van der Waals surface area contributed by atoms with Crippen molar-refractivity contribution in [2.75, 3.05) is 25.4 Å². The van der Waals surface area contributed by atoms with E-state index >= 15 is 0 Å². The van der Waals surface area contributed by atoms with Gasteiger partial charge in [0.25, 0.3) is 0 Å². The second-order valence-corrected chi connectivity index (χ2v) is 7.33. The topological polar surface area (TPSA) is 71.2 Å². The summed E-state index contributed by atoms with van der Waals surface area (Å²) < 4.78 is 2.08. The van der Waals surface area contributed by atoms with Gasteiger partial charge in [0.05, 0.1) is 5.75 Å². The third kappa shape index (κ3) is 4.44. The van der Waals surface area contributed by atoms with Gasteiger partial charge in [-0.05, 0) is 46.7 Å². The number of rotatable bonds is 6. The Bertz CT molecular complexity index is 490. The number of aliphatic carboxylic acids is 1.